The Morgan fingerprint density at radius 3 is 2.81 bits per heavy atom. The average Bonchev–Trinajstić information content (AvgIpc) is 3.26. The van der Waals surface area contributed by atoms with Gasteiger partial charge < -0.3 is 4.74 Å². The first-order valence-electron chi connectivity index (χ1n) is 9.72. The van der Waals surface area contributed by atoms with Crippen LogP contribution in [0.5, 0.6) is 5.75 Å². The molecule has 4 heteroatoms. The molecule has 0 unspecified atom stereocenters. The first-order valence-corrected chi connectivity index (χ1v) is 9.72. The second-order valence-electron chi connectivity index (χ2n) is 7.43. The van der Waals surface area contributed by atoms with Crippen LogP contribution in [0.1, 0.15) is 46.4 Å². The first-order chi connectivity index (χ1) is 13.3. The van der Waals surface area contributed by atoms with Crippen molar-refractivity contribution in [3.63, 3.8) is 0 Å². The largest absolute Gasteiger partial charge is 0.452 e. The summed E-state index contributed by atoms with van der Waals surface area (Å²) in [5, 5.41) is 0. The van der Waals surface area contributed by atoms with Crippen LogP contribution in [0.15, 0.2) is 54.4 Å². The Balaban J connectivity index is 1.43. The van der Waals surface area contributed by atoms with Crippen LogP contribution in [0, 0.1) is 0 Å². The molecule has 3 heterocycles. The molecular formula is C23H22N2O2. The summed E-state index contributed by atoms with van der Waals surface area (Å²) in [7, 11) is 0. The van der Waals surface area contributed by atoms with Crippen molar-refractivity contribution in [2.75, 3.05) is 13.1 Å². The number of ketones is 1. The fraction of sp³-hybridized carbons (Fsp3) is 0.304. The first kappa shape index (κ1) is 16.5. The highest BCUT2D eigenvalue weighted by Crippen LogP contribution is 2.37. The van der Waals surface area contributed by atoms with Crippen LogP contribution in [-0.2, 0) is 13.0 Å². The van der Waals surface area contributed by atoms with E-state index in [1.54, 1.807) is 0 Å². The molecule has 4 nitrogen and oxygen atoms in total. The fourth-order valence-electron chi connectivity index (χ4n) is 4.21. The Morgan fingerprint density at radius 2 is 1.93 bits per heavy atom. The lowest BCUT2D eigenvalue weighted by Gasteiger charge is -2.26. The van der Waals surface area contributed by atoms with E-state index in [-0.39, 0.29) is 5.78 Å². The number of aromatic nitrogens is 1. The van der Waals surface area contributed by atoms with E-state index in [2.05, 4.69) is 22.0 Å². The number of nitrogens with zero attached hydrogens (tertiary/aromatic N) is 2. The number of fused-ring (bicyclic) bond motifs is 2. The smallest absolute Gasteiger partial charge is 0.231 e. The second kappa shape index (κ2) is 6.78. The standard InChI is InChI=1S/C23H22N2O2/c26-22-19-7-4-6-17(15-25-12-2-1-3-13-25)23(19)27-21(22)14-16-9-10-20-18(16)8-5-11-24-20/h4-9,11,14H,1-3,10,12-13,15H2/b21-14-. The highest BCUT2D eigenvalue weighted by molar-refractivity contribution is 6.13. The molecule has 0 amide bonds. The predicted molar refractivity (Wildman–Crippen MR) is 105 cm³/mol. The van der Waals surface area contributed by atoms with E-state index in [0.29, 0.717) is 11.3 Å². The zero-order valence-corrected chi connectivity index (χ0v) is 15.3. The fourth-order valence-corrected chi connectivity index (χ4v) is 4.21. The maximum atomic E-state index is 12.9. The number of ether oxygens (including phenoxy) is 1. The molecule has 2 aromatic rings. The number of Topliss-reactive ketones (excluding diaryl/α,β-unsaturated/α-hetero) is 1. The molecule has 1 aliphatic carbocycles. The molecule has 5 rings (SSSR count). The Kier molecular flexibility index (Phi) is 4.13. The van der Waals surface area contributed by atoms with Crippen LogP contribution >= 0.6 is 0 Å². The summed E-state index contributed by atoms with van der Waals surface area (Å²) in [6.07, 6.45) is 10.4. The SMILES string of the molecule is O=C1/C(=C/C2=CCc3ncccc32)Oc2c(CN3CCCCC3)cccc21. The molecule has 0 saturated carbocycles. The van der Waals surface area contributed by atoms with Gasteiger partial charge in [0, 0.05) is 30.3 Å². The zero-order valence-electron chi connectivity index (χ0n) is 15.3. The predicted octanol–water partition coefficient (Wildman–Crippen LogP) is 4.17. The second-order valence-corrected chi connectivity index (χ2v) is 7.43. The molecule has 27 heavy (non-hydrogen) atoms. The molecule has 1 saturated heterocycles. The lowest BCUT2D eigenvalue weighted by Crippen LogP contribution is -2.29. The van der Waals surface area contributed by atoms with Crippen LogP contribution in [0.25, 0.3) is 5.57 Å². The van der Waals surface area contributed by atoms with E-state index in [1.165, 1.54) is 19.3 Å². The molecule has 3 aliphatic rings. The van der Waals surface area contributed by atoms with Gasteiger partial charge >= 0.3 is 0 Å². The van der Waals surface area contributed by atoms with Crippen molar-refractivity contribution in [2.45, 2.75) is 32.2 Å². The third-order valence-corrected chi connectivity index (χ3v) is 5.62. The Labute approximate surface area is 159 Å². The van der Waals surface area contributed by atoms with E-state index < -0.39 is 0 Å². The summed E-state index contributed by atoms with van der Waals surface area (Å²) in [5.41, 5.74) is 4.95. The van der Waals surface area contributed by atoms with Gasteiger partial charge in [0.1, 0.15) is 5.75 Å². The molecular weight excluding hydrogens is 336 g/mol. The maximum absolute atomic E-state index is 12.9. The molecule has 136 valence electrons. The van der Waals surface area contributed by atoms with Crippen molar-refractivity contribution >= 4 is 11.4 Å². The molecule has 0 atom stereocenters. The molecule has 0 N–H and O–H groups in total. The molecule has 1 aromatic heterocycles. The molecule has 0 spiro atoms. The number of carbonyl (C=O) groups excluding carboxylic acids is 1. The van der Waals surface area contributed by atoms with Crippen molar-refractivity contribution in [3.05, 3.63) is 76.8 Å². The van der Waals surface area contributed by atoms with Gasteiger partial charge in [-0.05, 0) is 49.7 Å². The lowest BCUT2D eigenvalue weighted by molar-refractivity contribution is 0.101. The average molecular weight is 358 g/mol. The van der Waals surface area contributed by atoms with Gasteiger partial charge in [0.15, 0.2) is 5.76 Å². The Hall–Kier alpha value is -2.72. The number of hydrogen-bond donors (Lipinski definition) is 0. The van der Waals surface area contributed by atoms with Crippen LogP contribution in [0.4, 0.5) is 0 Å². The summed E-state index contributed by atoms with van der Waals surface area (Å²) in [6, 6.07) is 9.90. The quantitative estimate of drug-likeness (QED) is 0.773. The van der Waals surface area contributed by atoms with Gasteiger partial charge in [0.25, 0.3) is 0 Å². The topological polar surface area (TPSA) is 42.4 Å². The van der Waals surface area contributed by atoms with Gasteiger partial charge in [-0.2, -0.15) is 0 Å². The van der Waals surface area contributed by atoms with Gasteiger partial charge in [0.05, 0.1) is 11.3 Å². The van der Waals surface area contributed by atoms with Gasteiger partial charge in [-0.1, -0.05) is 30.7 Å². The van der Waals surface area contributed by atoms with Crippen molar-refractivity contribution in [2.24, 2.45) is 0 Å². The summed E-state index contributed by atoms with van der Waals surface area (Å²) in [6.45, 7) is 3.09. The molecule has 1 fully saturated rings. The number of piperidine rings is 1. The summed E-state index contributed by atoms with van der Waals surface area (Å²) in [5.74, 6) is 1.13. The molecule has 0 bridgehead atoms. The number of benzene rings is 1. The van der Waals surface area contributed by atoms with Gasteiger partial charge in [-0.3, -0.25) is 14.7 Å². The van der Waals surface area contributed by atoms with Crippen molar-refractivity contribution in [3.8, 4) is 5.75 Å². The van der Waals surface area contributed by atoms with Gasteiger partial charge in [0.2, 0.25) is 5.78 Å². The van der Waals surface area contributed by atoms with Gasteiger partial charge in [-0.25, -0.2) is 0 Å². The minimum atomic E-state index is -0.0243. The Morgan fingerprint density at radius 1 is 1.07 bits per heavy atom. The third kappa shape index (κ3) is 3.00. The normalized spacial score (nSPS) is 20.4. The van der Waals surface area contributed by atoms with Crippen LogP contribution in [-0.4, -0.2) is 28.8 Å². The van der Waals surface area contributed by atoms with E-state index in [9.17, 15) is 4.79 Å². The highest BCUT2D eigenvalue weighted by Gasteiger charge is 2.30. The minimum Gasteiger partial charge on any atom is -0.452 e. The van der Waals surface area contributed by atoms with E-state index >= 15 is 0 Å². The zero-order chi connectivity index (χ0) is 18.2. The van der Waals surface area contributed by atoms with Crippen LogP contribution < -0.4 is 4.74 Å². The molecule has 0 radical (unpaired) electrons. The number of allylic oxidation sites excluding steroid dienone is 4. The van der Waals surface area contributed by atoms with Crippen molar-refractivity contribution in [1.29, 1.82) is 0 Å². The monoisotopic (exact) mass is 358 g/mol. The van der Waals surface area contributed by atoms with E-state index in [1.807, 2.05) is 36.5 Å². The number of hydrogen-bond acceptors (Lipinski definition) is 4. The van der Waals surface area contributed by atoms with Crippen LogP contribution in [0.3, 0.4) is 0 Å². The van der Waals surface area contributed by atoms with Gasteiger partial charge in [-0.15, -0.1) is 0 Å². The summed E-state index contributed by atoms with van der Waals surface area (Å²) < 4.78 is 6.09. The number of carbonyl (C=O) groups is 1. The molecule has 1 aromatic carbocycles. The number of pyridine rings is 1. The Bertz CT molecular complexity index is 968. The maximum Gasteiger partial charge on any atom is 0.231 e. The lowest BCUT2D eigenvalue weighted by atomic mass is 10.0. The number of rotatable bonds is 3. The third-order valence-electron chi connectivity index (χ3n) is 5.62. The molecule has 2 aliphatic heterocycles. The van der Waals surface area contributed by atoms with E-state index in [4.69, 9.17) is 4.74 Å². The number of para-hydroxylation sites is 1. The number of likely N-dealkylation sites (tertiary alicyclic amines) is 1. The highest BCUT2D eigenvalue weighted by atomic mass is 16.5. The van der Waals surface area contributed by atoms with E-state index in [0.717, 1.165) is 54.2 Å². The summed E-state index contributed by atoms with van der Waals surface area (Å²) in [4.78, 5) is 19.8. The minimum absolute atomic E-state index is 0.0243. The summed E-state index contributed by atoms with van der Waals surface area (Å²) >= 11 is 0. The van der Waals surface area contributed by atoms with Crippen molar-refractivity contribution < 1.29 is 9.53 Å². The van der Waals surface area contributed by atoms with Crippen molar-refractivity contribution in [1.82, 2.24) is 9.88 Å². The van der Waals surface area contributed by atoms with Crippen LogP contribution in [0.2, 0.25) is 0 Å².